The number of hydrogen-bond acceptors (Lipinski definition) is 5. The molecule has 1 fully saturated rings. The van der Waals surface area contributed by atoms with Gasteiger partial charge in [0.25, 0.3) is 5.91 Å². The summed E-state index contributed by atoms with van der Waals surface area (Å²) in [6.07, 6.45) is 6.48. The van der Waals surface area contributed by atoms with Crippen molar-refractivity contribution in [2.24, 2.45) is 0 Å². The van der Waals surface area contributed by atoms with Gasteiger partial charge in [0, 0.05) is 43.8 Å². The fourth-order valence-corrected chi connectivity index (χ4v) is 3.44. The summed E-state index contributed by atoms with van der Waals surface area (Å²) in [5.41, 5.74) is 2.33. The summed E-state index contributed by atoms with van der Waals surface area (Å²) in [6, 6.07) is 9.60. The number of hydrogen-bond donors (Lipinski definition) is 1. The molecule has 0 spiro atoms. The second-order valence-corrected chi connectivity index (χ2v) is 6.82. The van der Waals surface area contributed by atoms with E-state index in [0.717, 1.165) is 50.4 Å². The van der Waals surface area contributed by atoms with Gasteiger partial charge in [-0.2, -0.15) is 0 Å². The lowest BCUT2D eigenvalue weighted by Gasteiger charge is -2.21. The number of nitrogens with one attached hydrogen (secondary N) is 1. The highest BCUT2D eigenvalue weighted by atomic mass is 16.1. The van der Waals surface area contributed by atoms with E-state index >= 15 is 0 Å². The van der Waals surface area contributed by atoms with Crippen molar-refractivity contribution in [3.05, 3.63) is 42.2 Å². The molecule has 1 aromatic carbocycles. The van der Waals surface area contributed by atoms with E-state index in [-0.39, 0.29) is 5.91 Å². The van der Waals surface area contributed by atoms with Crippen LogP contribution in [-0.4, -0.2) is 42.1 Å². The van der Waals surface area contributed by atoms with E-state index in [1.165, 1.54) is 12.8 Å². The second-order valence-electron chi connectivity index (χ2n) is 6.82. The Morgan fingerprint density at radius 1 is 1.04 bits per heavy atom. The van der Waals surface area contributed by atoms with E-state index in [2.05, 4.69) is 38.9 Å². The lowest BCUT2D eigenvalue weighted by Crippen LogP contribution is -2.27. The second kappa shape index (κ2) is 9.35. The van der Waals surface area contributed by atoms with Crippen LogP contribution in [0.15, 0.2) is 36.5 Å². The van der Waals surface area contributed by atoms with E-state index in [1.807, 2.05) is 24.3 Å². The average molecular weight is 367 g/mol. The molecule has 1 aromatic heterocycles. The van der Waals surface area contributed by atoms with Crippen molar-refractivity contribution in [2.45, 2.75) is 39.5 Å². The molecule has 6 nitrogen and oxygen atoms in total. The third-order valence-corrected chi connectivity index (χ3v) is 5.02. The lowest BCUT2D eigenvalue weighted by molar-refractivity contribution is 0.102. The third kappa shape index (κ3) is 4.96. The summed E-state index contributed by atoms with van der Waals surface area (Å²) in [4.78, 5) is 25.9. The Kier molecular flexibility index (Phi) is 6.63. The van der Waals surface area contributed by atoms with Crippen LogP contribution in [0, 0.1) is 0 Å². The quantitative estimate of drug-likeness (QED) is 0.837. The van der Waals surface area contributed by atoms with Crippen molar-refractivity contribution in [1.29, 1.82) is 0 Å². The Hall–Kier alpha value is -2.63. The van der Waals surface area contributed by atoms with Crippen LogP contribution in [-0.2, 0) is 0 Å². The number of benzene rings is 1. The monoisotopic (exact) mass is 367 g/mol. The standard InChI is InChI=1S/C21H29N5O/c1-3-25(4-2)18-11-9-17(10-12-18)23-20(27)19-13-14-22-21(24-19)26-15-7-5-6-8-16-26/h9-14H,3-8,15-16H2,1-2H3,(H,23,27). The molecule has 1 aliphatic rings. The molecular formula is C21H29N5O. The van der Waals surface area contributed by atoms with Gasteiger partial charge < -0.3 is 15.1 Å². The van der Waals surface area contributed by atoms with E-state index in [4.69, 9.17) is 0 Å². The van der Waals surface area contributed by atoms with Crippen molar-refractivity contribution in [1.82, 2.24) is 9.97 Å². The number of aromatic nitrogens is 2. The molecule has 2 heterocycles. The molecule has 3 rings (SSSR count). The minimum atomic E-state index is -0.205. The minimum absolute atomic E-state index is 0.205. The van der Waals surface area contributed by atoms with Gasteiger partial charge in [-0.1, -0.05) is 12.8 Å². The Labute approximate surface area is 161 Å². The van der Waals surface area contributed by atoms with Gasteiger partial charge in [-0.05, 0) is 57.0 Å². The van der Waals surface area contributed by atoms with Crippen molar-refractivity contribution < 1.29 is 4.79 Å². The molecule has 6 heteroatoms. The molecular weight excluding hydrogens is 338 g/mol. The average Bonchev–Trinajstić information content (AvgIpc) is 3.00. The van der Waals surface area contributed by atoms with Gasteiger partial charge in [0.2, 0.25) is 5.95 Å². The zero-order valence-electron chi connectivity index (χ0n) is 16.3. The fourth-order valence-electron chi connectivity index (χ4n) is 3.44. The SMILES string of the molecule is CCN(CC)c1ccc(NC(=O)c2ccnc(N3CCCCCC3)n2)cc1. The zero-order valence-corrected chi connectivity index (χ0v) is 16.3. The molecule has 0 atom stereocenters. The van der Waals surface area contributed by atoms with Crippen LogP contribution in [0.25, 0.3) is 0 Å². The molecule has 0 aliphatic carbocycles. The van der Waals surface area contributed by atoms with E-state index in [0.29, 0.717) is 11.6 Å². The molecule has 27 heavy (non-hydrogen) atoms. The first-order valence-electron chi connectivity index (χ1n) is 9.95. The lowest BCUT2D eigenvalue weighted by atomic mass is 10.2. The Balaban J connectivity index is 1.68. The van der Waals surface area contributed by atoms with Crippen LogP contribution < -0.4 is 15.1 Å². The number of carbonyl (C=O) groups excluding carboxylic acids is 1. The highest BCUT2D eigenvalue weighted by Gasteiger charge is 2.15. The molecule has 0 bridgehead atoms. The predicted molar refractivity (Wildman–Crippen MR) is 111 cm³/mol. The topological polar surface area (TPSA) is 61.4 Å². The van der Waals surface area contributed by atoms with Crippen molar-refractivity contribution >= 4 is 23.2 Å². The molecule has 0 unspecified atom stereocenters. The number of nitrogens with zero attached hydrogens (tertiary/aromatic N) is 4. The number of rotatable bonds is 6. The fraction of sp³-hybridized carbons (Fsp3) is 0.476. The summed E-state index contributed by atoms with van der Waals surface area (Å²) in [6.45, 7) is 8.10. The minimum Gasteiger partial charge on any atom is -0.372 e. The number of carbonyl (C=O) groups is 1. The Morgan fingerprint density at radius 3 is 2.33 bits per heavy atom. The van der Waals surface area contributed by atoms with Crippen LogP contribution in [0.1, 0.15) is 50.0 Å². The maximum atomic E-state index is 12.6. The van der Waals surface area contributed by atoms with Crippen molar-refractivity contribution in [2.75, 3.05) is 41.3 Å². The number of amides is 1. The van der Waals surface area contributed by atoms with Crippen LogP contribution >= 0.6 is 0 Å². The highest BCUT2D eigenvalue weighted by molar-refractivity contribution is 6.03. The van der Waals surface area contributed by atoms with Gasteiger partial charge in [-0.25, -0.2) is 9.97 Å². The van der Waals surface area contributed by atoms with Crippen LogP contribution in [0.4, 0.5) is 17.3 Å². The van der Waals surface area contributed by atoms with E-state index < -0.39 is 0 Å². The van der Waals surface area contributed by atoms with Crippen molar-refractivity contribution in [3.8, 4) is 0 Å². The molecule has 1 amide bonds. The highest BCUT2D eigenvalue weighted by Crippen LogP contribution is 2.19. The maximum Gasteiger partial charge on any atom is 0.274 e. The molecule has 1 N–H and O–H groups in total. The predicted octanol–water partition coefficient (Wildman–Crippen LogP) is 3.96. The summed E-state index contributed by atoms with van der Waals surface area (Å²) >= 11 is 0. The van der Waals surface area contributed by atoms with Crippen molar-refractivity contribution in [3.63, 3.8) is 0 Å². The maximum absolute atomic E-state index is 12.6. The molecule has 0 saturated carbocycles. The smallest absolute Gasteiger partial charge is 0.274 e. The molecule has 1 aliphatic heterocycles. The van der Waals surface area contributed by atoms with Gasteiger partial charge in [0.05, 0.1) is 0 Å². The Morgan fingerprint density at radius 2 is 1.70 bits per heavy atom. The van der Waals surface area contributed by atoms with Gasteiger partial charge in [-0.3, -0.25) is 4.79 Å². The van der Waals surface area contributed by atoms with Crippen LogP contribution in [0.3, 0.4) is 0 Å². The first-order chi connectivity index (χ1) is 13.2. The van der Waals surface area contributed by atoms with Crippen LogP contribution in [0.5, 0.6) is 0 Å². The van der Waals surface area contributed by atoms with Gasteiger partial charge in [-0.15, -0.1) is 0 Å². The van der Waals surface area contributed by atoms with Gasteiger partial charge in [0.1, 0.15) is 5.69 Å². The molecule has 2 aromatic rings. The van der Waals surface area contributed by atoms with E-state index in [1.54, 1.807) is 12.3 Å². The largest absolute Gasteiger partial charge is 0.372 e. The van der Waals surface area contributed by atoms with Gasteiger partial charge >= 0.3 is 0 Å². The molecule has 1 saturated heterocycles. The third-order valence-electron chi connectivity index (χ3n) is 5.02. The molecule has 144 valence electrons. The first kappa shape index (κ1) is 19.1. The summed E-state index contributed by atoms with van der Waals surface area (Å²) in [7, 11) is 0. The normalized spacial score (nSPS) is 14.5. The molecule has 0 radical (unpaired) electrons. The Bertz CT molecular complexity index is 734. The summed E-state index contributed by atoms with van der Waals surface area (Å²) in [5, 5.41) is 2.94. The summed E-state index contributed by atoms with van der Waals surface area (Å²) in [5.74, 6) is 0.450. The first-order valence-corrected chi connectivity index (χ1v) is 9.95. The zero-order chi connectivity index (χ0) is 19.1. The van der Waals surface area contributed by atoms with Gasteiger partial charge in [0.15, 0.2) is 0 Å². The van der Waals surface area contributed by atoms with E-state index in [9.17, 15) is 4.79 Å². The summed E-state index contributed by atoms with van der Waals surface area (Å²) < 4.78 is 0. The van der Waals surface area contributed by atoms with Crippen LogP contribution in [0.2, 0.25) is 0 Å². The number of anilines is 3.